The van der Waals surface area contributed by atoms with Gasteiger partial charge in [0.2, 0.25) is 0 Å². The predicted molar refractivity (Wildman–Crippen MR) is 58.2 cm³/mol. The molecule has 0 aromatic heterocycles. The van der Waals surface area contributed by atoms with Crippen LogP contribution in [0.4, 0.5) is 4.39 Å². The van der Waals surface area contributed by atoms with Crippen molar-refractivity contribution in [2.45, 2.75) is 12.6 Å². The van der Waals surface area contributed by atoms with Gasteiger partial charge in [-0.25, -0.2) is 4.39 Å². The van der Waals surface area contributed by atoms with Crippen LogP contribution in [-0.2, 0) is 0 Å². The van der Waals surface area contributed by atoms with Gasteiger partial charge in [-0.2, -0.15) is 0 Å². The van der Waals surface area contributed by atoms with E-state index in [2.05, 4.69) is 15.9 Å². The second-order valence-corrected chi connectivity index (χ2v) is 4.28. The fourth-order valence-corrected chi connectivity index (χ4v) is 1.09. The summed E-state index contributed by atoms with van der Waals surface area (Å²) in [6.07, 6.45) is 0. The fourth-order valence-electron chi connectivity index (χ4n) is 0.824. The van der Waals surface area contributed by atoms with E-state index in [4.69, 9.17) is 10.5 Å². The van der Waals surface area contributed by atoms with Gasteiger partial charge in [0.1, 0.15) is 12.4 Å². The zero-order valence-corrected chi connectivity index (χ0v) is 9.55. The first kappa shape index (κ1) is 11.5. The van der Waals surface area contributed by atoms with Crippen LogP contribution < -0.4 is 10.5 Å². The van der Waals surface area contributed by atoms with Crippen LogP contribution in [0.15, 0.2) is 28.7 Å². The summed E-state index contributed by atoms with van der Waals surface area (Å²) in [5, 5.41) is 0. The molecule has 0 aliphatic heterocycles. The molecule has 1 aromatic carbocycles. The highest BCUT2D eigenvalue weighted by molar-refractivity contribution is 9.10. The minimum atomic E-state index is -1.47. The molecule has 0 aliphatic carbocycles. The lowest BCUT2D eigenvalue weighted by Crippen LogP contribution is -2.35. The van der Waals surface area contributed by atoms with Crippen LogP contribution in [0.2, 0.25) is 0 Å². The van der Waals surface area contributed by atoms with Gasteiger partial charge in [0.25, 0.3) is 0 Å². The summed E-state index contributed by atoms with van der Waals surface area (Å²) >= 11 is 3.30. The predicted octanol–water partition coefficient (Wildman–Crippen LogP) is 2.51. The van der Waals surface area contributed by atoms with E-state index in [0.29, 0.717) is 5.75 Å². The van der Waals surface area contributed by atoms with Crippen molar-refractivity contribution in [3.63, 3.8) is 0 Å². The van der Waals surface area contributed by atoms with E-state index >= 15 is 0 Å². The lowest BCUT2D eigenvalue weighted by molar-refractivity contribution is 0.110. The first-order valence-corrected chi connectivity index (χ1v) is 5.10. The summed E-state index contributed by atoms with van der Waals surface area (Å²) in [6.45, 7) is 1.36. The molecule has 0 fully saturated rings. The second kappa shape index (κ2) is 4.75. The monoisotopic (exact) mass is 261 g/mol. The zero-order valence-electron chi connectivity index (χ0n) is 7.97. The van der Waals surface area contributed by atoms with Crippen molar-refractivity contribution in [2.24, 2.45) is 5.73 Å². The van der Waals surface area contributed by atoms with Crippen LogP contribution in [0.5, 0.6) is 5.75 Å². The Balaban J connectivity index is 2.50. The number of alkyl halides is 1. The van der Waals surface area contributed by atoms with Crippen molar-refractivity contribution >= 4 is 15.9 Å². The summed E-state index contributed by atoms with van der Waals surface area (Å²) in [6, 6.07) is 7.23. The molecule has 0 amide bonds. The van der Waals surface area contributed by atoms with Crippen LogP contribution in [0, 0.1) is 0 Å². The van der Waals surface area contributed by atoms with Gasteiger partial charge in [0.15, 0.2) is 5.67 Å². The van der Waals surface area contributed by atoms with E-state index in [1.54, 1.807) is 12.1 Å². The standard InChI is InChI=1S/C10H13BrFNO/c1-10(12,6-13)7-14-9-4-2-8(11)3-5-9/h2-5H,6-7,13H2,1H3. The van der Waals surface area contributed by atoms with Crippen LogP contribution >= 0.6 is 15.9 Å². The molecule has 2 N–H and O–H groups in total. The first-order chi connectivity index (χ1) is 6.53. The molecule has 2 nitrogen and oxygen atoms in total. The molecule has 0 aliphatic rings. The van der Waals surface area contributed by atoms with E-state index in [1.807, 2.05) is 12.1 Å². The summed E-state index contributed by atoms with van der Waals surface area (Å²) in [4.78, 5) is 0. The maximum atomic E-state index is 13.3. The second-order valence-electron chi connectivity index (χ2n) is 3.36. The molecular weight excluding hydrogens is 249 g/mol. The molecule has 0 heterocycles. The van der Waals surface area contributed by atoms with Crippen molar-refractivity contribution in [1.82, 2.24) is 0 Å². The molecule has 0 radical (unpaired) electrons. The number of hydrogen-bond acceptors (Lipinski definition) is 2. The molecule has 1 unspecified atom stereocenters. The molecule has 1 atom stereocenters. The molecule has 0 bridgehead atoms. The number of ether oxygens (including phenoxy) is 1. The van der Waals surface area contributed by atoms with Crippen molar-refractivity contribution < 1.29 is 9.13 Å². The van der Waals surface area contributed by atoms with Crippen molar-refractivity contribution in [3.05, 3.63) is 28.7 Å². The maximum absolute atomic E-state index is 13.3. The molecular formula is C10H13BrFNO. The Labute approximate surface area is 91.4 Å². The van der Waals surface area contributed by atoms with E-state index in [1.165, 1.54) is 6.92 Å². The quantitative estimate of drug-likeness (QED) is 0.904. The third kappa shape index (κ3) is 3.64. The Morgan fingerprint density at radius 1 is 1.43 bits per heavy atom. The fraction of sp³-hybridized carbons (Fsp3) is 0.400. The van der Waals surface area contributed by atoms with Gasteiger partial charge in [-0.1, -0.05) is 15.9 Å². The minimum absolute atomic E-state index is 0.0227. The van der Waals surface area contributed by atoms with Crippen LogP contribution in [0.25, 0.3) is 0 Å². The molecule has 4 heteroatoms. The molecule has 14 heavy (non-hydrogen) atoms. The van der Waals surface area contributed by atoms with Crippen molar-refractivity contribution in [3.8, 4) is 5.75 Å². The van der Waals surface area contributed by atoms with Crippen LogP contribution in [0.3, 0.4) is 0 Å². The molecule has 1 aromatic rings. The number of hydrogen-bond donors (Lipinski definition) is 1. The number of benzene rings is 1. The maximum Gasteiger partial charge on any atom is 0.154 e. The minimum Gasteiger partial charge on any atom is -0.490 e. The lowest BCUT2D eigenvalue weighted by Gasteiger charge is -2.18. The van der Waals surface area contributed by atoms with Gasteiger partial charge in [0, 0.05) is 11.0 Å². The smallest absolute Gasteiger partial charge is 0.154 e. The van der Waals surface area contributed by atoms with E-state index in [9.17, 15) is 4.39 Å². The van der Waals surface area contributed by atoms with Crippen LogP contribution in [-0.4, -0.2) is 18.8 Å². The first-order valence-electron chi connectivity index (χ1n) is 4.31. The average Bonchev–Trinajstić information content (AvgIpc) is 2.17. The number of halogens is 2. The third-order valence-corrected chi connectivity index (χ3v) is 2.31. The largest absolute Gasteiger partial charge is 0.490 e. The Bertz CT molecular complexity index is 287. The van der Waals surface area contributed by atoms with Gasteiger partial charge in [-0.15, -0.1) is 0 Å². The highest BCUT2D eigenvalue weighted by atomic mass is 79.9. The van der Waals surface area contributed by atoms with Gasteiger partial charge in [0.05, 0.1) is 0 Å². The average molecular weight is 262 g/mol. The number of nitrogens with two attached hydrogens (primary N) is 1. The number of rotatable bonds is 4. The molecule has 0 saturated heterocycles. The molecule has 0 spiro atoms. The zero-order chi connectivity index (χ0) is 10.6. The summed E-state index contributed by atoms with van der Waals surface area (Å²) in [7, 11) is 0. The van der Waals surface area contributed by atoms with E-state index in [-0.39, 0.29) is 13.2 Å². The Morgan fingerprint density at radius 2 is 2.00 bits per heavy atom. The third-order valence-electron chi connectivity index (χ3n) is 1.78. The van der Waals surface area contributed by atoms with Crippen LogP contribution in [0.1, 0.15) is 6.92 Å². The topological polar surface area (TPSA) is 35.2 Å². The molecule has 78 valence electrons. The molecule has 1 rings (SSSR count). The van der Waals surface area contributed by atoms with Gasteiger partial charge in [-0.3, -0.25) is 0 Å². The van der Waals surface area contributed by atoms with Gasteiger partial charge >= 0.3 is 0 Å². The Hall–Kier alpha value is -0.610. The van der Waals surface area contributed by atoms with Gasteiger partial charge < -0.3 is 10.5 Å². The van der Waals surface area contributed by atoms with Crippen molar-refractivity contribution in [1.29, 1.82) is 0 Å². The normalized spacial score (nSPS) is 14.9. The summed E-state index contributed by atoms with van der Waals surface area (Å²) < 4.78 is 19.5. The Morgan fingerprint density at radius 3 is 2.50 bits per heavy atom. The van der Waals surface area contributed by atoms with E-state index in [0.717, 1.165) is 4.47 Å². The highest BCUT2D eigenvalue weighted by Crippen LogP contribution is 2.18. The summed E-state index contributed by atoms with van der Waals surface area (Å²) in [5.41, 5.74) is 3.77. The SMILES string of the molecule is CC(F)(CN)COc1ccc(Br)cc1. The van der Waals surface area contributed by atoms with Crippen molar-refractivity contribution in [2.75, 3.05) is 13.2 Å². The molecule has 0 saturated carbocycles. The Kier molecular flexibility index (Phi) is 3.89. The highest BCUT2D eigenvalue weighted by Gasteiger charge is 2.21. The van der Waals surface area contributed by atoms with Gasteiger partial charge in [-0.05, 0) is 31.2 Å². The summed E-state index contributed by atoms with van der Waals surface area (Å²) in [5.74, 6) is 0.644. The lowest BCUT2D eigenvalue weighted by atomic mass is 10.1. The van der Waals surface area contributed by atoms with E-state index < -0.39 is 5.67 Å².